The van der Waals surface area contributed by atoms with Gasteiger partial charge in [0.1, 0.15) is 5.65 Å². The summed E-state index contributed by atoms with van der Waals surface area (Å²) in [5.74, 6) is 0.0115. The number of carbonyl (C=O) groups is 1. The highest BCUT2D eigenvalue weighted by Crippen LogP contribution is 2.41. The smallest absolute Gasteiger partial charge is 0.380 e. The highest BCUT2D eigenvalue weighted by atomic mass is 19.4. The van der Waals surface area contributed by atoms with Gasteiger partial charge in [-0.05, 0) is 48.5 Å². The van der Waals surface area contributed by atoms with E-state index in [1.165, 1.54) is 6.07 Å². The lowest BCUT2D eigenvalue weighted by atomic mass is 9.78. The minimum absolute atomic E-state index is 0.0115. The summed E-state index contributed by atoms with van der Waals surface area (Å²) in [6.45, 7) is 5.47. The maximum atomic E-state index is 14.2. The van der Waals surface area contributed by atoms with E-state index in [0.717, 1.165) is 55.9 Å². The van der Waals surface area contributed by atoms with E-state index in [1.807, 2.05) is 53.4 Å². The Kier molecular flexibility index (Phi) is 6.09. The van der Waals surface area contributed by atoms with Gasteiger partial charge < -0.3 is 24.4 Å². The predicted molar refractivity (Wildman–Crippen MR) is 151 cm³/mol. The Balaban J connectivity index is 1.17. The van der Waals surface area contributed by atoms with Crippen molar-refractivity contribution in [2.75, 3.05) is 64.4 Å². The van der Waals surface area contributed by atoms with Crippen LogP contribution in [-0.4, -0.2) is 85.2 Å². The molecule has 10 heteroatoms. The van der Waals surface area contributed by atoms with Crippen LogP contribution in [0.4, 0.5) is 18.9 Å². The SMILES string of the molecule is CN1CCN(c2ccc(-c3cnc4[nH]cc(-c5ccc(C(=O)N6CC7(COC7)C6)cc5)c4c3)cc2C(F)(F)F)CC1. The number of nitrogens with one attached hydrogen (secondary N) is 1. The van der Waals surface area contributed by atoms with Crippen molar-refractivity contribution >= 4 is 22.6 Å². The average Bonchev–Trinajstić information content (AvgIpc) is 3.34. The van der Waals surface area contributed by atoms with Gasteiger partial charge >= 0.3 is 6.18 Å². The summed E-state index contributed by atoms with van der Waals surface area (Å²) in [7, 11) is 1.98. The van der Waals surface area contributed by atoms with Gasteiger partial charge in [-0.15, -0.1) is 0 Å². The topological polar surface area (TPSA) is 64.7 Å². The molecule has 0 aliphatic carbocycles. The molecule has 3 aliphatic heterocycles. The molecular weight excluding hydrogens is 531 g/mol. The number of anilines is 1. The Morgan fingerprint density at radius 2 is 1.66 bits per heavy atom. The monoisotopic (exact) mass is 561 g/mol. The third-order valence-corrected chi connectivity index (χ3v) is 8.61. The predicted octanol–water partition coefficient (Wildman–Crippen LogP) is 5.14. The molecule has 212 valence electrons. The van der Waals surface area contributed by atoms with Crippen LogP contribution in [0.3, 0.4) is 0 Å². The summed E-state index contributed by atoms with van der Waals surface area (Å²) in [6.07, 6.45) is -1.04. The minimum Gasteiger partial charge on any atom is -0.380 e. The number of ether oxygens (including phenoxy) is 1. The van der Waals surface area contributed by atoms with Crippen molar-refractivity contribution in [3.8, 4) is 22.3 Å². The van der Waals surface area contributed by atoms with Crippen molar-refractivity contribution in [2.24, 2.45) is 5.41 Å². The molecule has 0 radical (unpaired) electrons. The quantitative estimate of drug-likeness (QED) is 0.374. The van der Waals surface area contributed by atoms with Crippen LogP contribution in [0.25, 0.3) is 33.3 Å². The van der Waals surface area contributed by atoms with Gasteiger partial charge in [-0.25, -0.2) is 4.98 Å². The molecule has 0 saturated carbocycles. The first-order chi connectivity index (χ1) is 19.7. The third-order valence-electron chi connectivity index (χ3n) is 8.61. The van der Waals surface area contributed by atoms with Crippen molar-refractivity contribution in [2.45, 2.75) is 6.18 Å². The summed E-state index contributed by atoms with van der Waals surface area (Å²) in [5.41, 5.74) is 3.84. The summed E-state index contributed by atoms with van der Waals surface area (Å²) in [5, 5.41) is 0.799. The Hall–Kier alpha value is -3.89. The summed E-state index contributed by atoms with van der Waals surface area (Å²) in [6, 6.07) is 13.9. The molecule has 7 rings (SSSR count). The van der Waals surface area contributed by atoms with Crippen LogP contribution < -0.4 is 4.90 Å². The van der Waals surface area contributed by atoms with Crippen molar-refractivity contribution in [1.29, 1.82) is 0 Å². The molecule has 3 saturated heterocycles. The first-order valence-electron chi connectivity index (χ1n) is 13.8. The molecule has 41 heavy (non-hydrogen) atoms. The lowest BCUT2D eigenvalue weighted by Gasteiger charge is -2.54. The number of aromatic nitrogens is 2. The van der Waals surface area contributed by atoms with Crippen LogP contribution in [0.2, 0.25) is 0 Å². The zero-order chi connectivity index (χ0) is 28.4. The molecule has 0 unspecified atom stereocenters. The number of hydrogen-bond donors (Lipinski definition) is 1. The molecule has 2 aromatic carbocycles. The number of alkyl halides is 3. The van der Waals surface area contributed by atoms with Crippen LogP contribution in [0, 0.1) is 5.41 Å². The van der Waals surface area contributed by atoms with Gasteiger partial charge in [0, 0.05) is 79.4 Å². The van der Waals surface area contributed by atoms with E-state index in [4.69, 9.17) is 4.74 Å². The first kappa shape index (κ1) is 26.0. The van der Waals surface area contributed by atoms with Crippen molar-refractivity contribution in [3.05, 3.63) is 72.1 Å². The lowest BCUT2D eigenvalue weighted by Crippen LogP contribution is -2.67. The van der Waals surface area contributed by atoms with E-state index in [2.05, 4.69) is 14.9 Å². The second-order valence-corrected chi connectivity index (χ2v) is 11.6. The molecule has 7 nitrogen and oxygen atoms in total. The minimum atomic E-state index is -4.48. The molecule has 1 amide bonds. The number of halogens is 3. The molecule has 0 atom stereocenters. The first-order valence-corrected chi connectivity index (χ1v) is 13.8. The van der Waals surface area contributed by atoms with Crippen LogP contribution in [0.5, 0.6) is 0 Å². The molecule has 3 aliphatic rings. The van der Waals surface area contributed by atoms with Crippen LogP contribution >= 0.6 is 0 Å². The lowest BCUT2D eigenvalue weighted by molar-refractivity contribution is -0.176. The maximum Gasteiger partial charge on any atom is 0.418 e. The highest BCUT2D eigenvalue weighted by molar-refractivity contribution is 5.98. The Labute approximate surface area is 235 Å². The van der Waals surface area contributed by atoms with Gasteiger partial charge in [-0.3, -0.25) is 4.79 Å². The molecule has 3 fully saturated rings. The molecule has 2 aromatic heterocycles. The standard InChI is InChI=1S/C31H30F3N5O2/c1-37-8-10-38(11-9-37)27-7-6-22(13-26(27)31(32,33)34)23-12-24-25(15-36-28(24)35-14-23)20-2-4-21(5-3-20)29(40)39-16-30(17-39)18-41-19-30/h2-7,12-15H,8-11,16-19H2,1H3,(H,35,36). The number of likely N-dealkylation sites (N-methyl/N-ethyl adjacent to an activating group) is 1. The Bertz CT molecular complexity index is 1610. The molecule has 0 bridgehead atoms. The van der Waals surface area contributed by atoms with Crippen molar-refractivity contribution in [3.63, 3.8) is 0 Å². The van der Waals surface area contributed by atoms with E-state index in [1.54, 1.807) is 18.3 Å². The second kappa shape index (κ2) is 9.60. The number of piperazine rings is 1. The van der Waals surface area contributed by atoms with Gasteiger partial charge in [-0.1, -0.05) is 18.2 Å². The van der Waals surface area contributed by atoms with E-state index in [0.29, 0.717) is 35.4 Å². The number of amides is 1. The van der Waals surface area contributed by atoms with E-state index >= 15 is 0 Å². The summed E-state index contributed by atoms with van der Waals surface area (Å²) < 4.78 is 47.9. The second-order valence-electron chi connectivity index (χ2n) is 11.6. The van der Waals surface area contributed by atoms with Gasteiger partial charge in [0.05, 0.1) is 24.2 Å². The van der Waals surface area contributed by atoms with Gasteiger partial charge in [0.15, 0.2) is 0 Å². The number of fused-ring (bicyclic) bond motifs is 1. The number of likely N-dealkylation sites (tertiary alicyclic amines) is 1. The summed E-state index contributed by atoms with van der Waals surface area (Å²) >= 11 is 0. The van der Waals surface area contributed by atoms with Gasteiger partial charge in [-0.2, -0.15) is 13.2 Å². The maximum absolute atomic E-state index is 14.2. The number of hydrogen-bond acceptors (Lipinski definition) is 5. The van der Waals surface area contributed by atoms with E-state index < -0.39 is 11.7 Å². The van der Waals surface area contributed by atoms with Gasteiger partial charge in [0.25, 0.3) is 5.91 Å². The van der Waals surface area contributed by atoms with Gasteiger partial charge in [0.2, 0.25) is 0 Å². The van der Waals surface area contributed by atoms with Crippen molar-refractivity contribution < 1.29 is 22.7 Å². The molecule has 5 heterocycles. The Morgan fingerprint density at radius 3 is 2.32 bits per heavy atom. The zero-order valence-electron chi connectivity index (χ0n) is 22.7. The van der Waals surface area contributed by atoms with Crippen LogP contribution in [0.1, 0.15) is 15.9 Å². The molecule has 4 aromatic rings. The molecule has 1 spiro atoms. The zero-order valence-corrected chi connectivity index (χ0v) is 22.7. The van der Waals surface area contributed by atoms with Crippen LogP contribution in [0.15, 0.2) is 60.9 Å². The summed E-state index contributed by atoms with van der Waals surface area (Å²) in [4.78, 5) is 26.3. The molecule has 1 N–H and O–H groups in total. The van der Waals surface area contributed by atoms with Crippen LogP contribution in [-0.2, 0) is 10.9 Å². The van der Waals surface area contributed by atoms with E-state index in [9.17, 15) is 18.0 Å². The number of carbonyl (C=O) groups excluding carboxylic acids is 1. The Morgan fingerprint density at radius 1 is 0.951 bits per heavy atom. The molecular formula is C31H30F3N5O2. The van der Waals surface area contributed by atoms with Crippen molar-refractivity contribution in [1.82, 2.24) is 19.8 Å². The normalized spacial score (nSPS) is 18.9. The highest BCUT2D eigenvalue weighted by Gasteiger charge is 2.50. The number of nitrogens with zero attached hydrogens (tertiary/aromatic N) is 4. The number of H-pyrrole nitrogens is 1. The number of rotatable bonds is 4. The van der Waals surface area contributed by atoms with E-state index in [-0.39, 0.29) is 17.0 Å². The third kappa shape index (κ3) is 4.64. The largest absolute Gasteiger partial charge is 0.418 e. The average molecular weight is 562 g/mol. The number of benzene rings is 2. The fraction of sp³-hybridized carbons (Fsp3) is 0.355. The fourth-order valence-corrected chi connectivity index (χ4v) is 6.12. The number of pyridine rings is 1. The number of aromatic amines is 1. The fourth-order valence-electron chi connectivity index (χ4n) is 6.12.